The largest absolute Gasteiger partial charge is 0.490 e. The van der Waals surface area contributed by atoms with Gasteiger partial charge in [0.1, 0.15) is 29.8 Å². The van der Waals surface area contributed by atoms with Crippen molar-refractivity contribution >= 4 is 12.0 Å². The first-order chi connectivity index (χ1) is 21.0. The molecule has 0 atom stereocenters. The number of hydrogen-bond donors (Lipinski definition) is 0. The van der Waals surface area contributed by atoms with Crippen molar-refractivity contribution < 1.29 is 23.7 Å². The summed E-state index contributed by atoms with van der Waals surface area (Å²) in [6.07, 6.45) is 3.21. The van der Waals surface area contributed by atoms with Gasteiger partial charge < -0.3 is 28.7 Å². The third-order valence-corrected chi connectivity index (χ3v) is 8.79. The minimum atomic E-state index is -0.484. The molecular weight excluding hydrogens is 556 g/mol. The fourth-order valence-electron chi connectivity index (χ4n) is 6.01. The molecule has 0 N–H and O–H groups in total. The highest BCUT2D eigenvalue weighted by Crippen LogP contribution is 2.39. The molecule has 3 aromatic rings. The number of rotatable bonds is 8. The maximum absolute atomic E-state index is 12.4. The van der Waals surface area contributed by atoms with Crippen molar-refractivity contribution in [2.45, 2.75) is 71.2 Å². The van der Waals surface area contributed by atoms with Crippen LogP contribution < -0.4 is 14.4 Å². The van der Waals surface area contributed by atoms with Crippen molar-refractivity contribution in [3.63, 3.8) is 0 Å². The van der Waals surface area contributed by atoms with Crippen LogP contribution in [0.25, 0.3) is 0 Å². The van der Waals surface area contributed by atoms with Crippen LogP contribution >= 0.6 is 0 Å². The standard InChI is InChI=1S/C35H44N4O5/c1-33(2,3)44-32(40)38-18-15-30(16-19-38)43-29-12-8-26(9-13-29)34(4,5)25-6-10-28(11-7-25)42-20-27-14-17-36-31(37-27)39-21-35(22-39)23-41-24-35/h6-14,17,30H,15-16,18-24H2,1-5H3. The van der Waals surface area contributed by atoms with Gasteiger partial charge in [0.2, 0.25) is 5.95 Å². The van der Waals surface area contributed by atoms with E-state index in [4.69, 9.17) is 23.9 Å². The van der Waals surface area contributed by atoms with E-state index >= 15 is 0 Å². The first kappa shape index (κ1) is 30.2. The molecule has 0 radical (unpaired) electrons. The molecular formula is C35H44N4O5. The molecule has 9 nitrogen and oxygen atoms in total. The number of piperidine rings is 1. The van der Waals surface area contributed by atoms with Gasteiger partial charge in [0.15, 0.2) is 0 Å². The summed E-state index contributed by atoms with van der Waals surface area (Å²) in [5.74, 6) is 2.42. The maximum atomic E-state index is 12.4. The fraction of sp³-hybridized carbons (Fsp3) is 0.514. The van der Waals surface area contributed by atoms with E-state index in [1.54, 1.807) is 11.1 Å². The lowest BCUT2D eigenvalue weighted by Crippen LogP contribution is -2.66. The predicted molar refractivity (Wildman–Crippen MR) is 168 cm³/mol. The molecule has 0 bridgehead atoms. The summed E-state index contributed by atoms with van der Waals surface area (Å²) >= 11 is 0. The Hall–Kier alpha value is -3.85. The van der Waals surface area contributed by atoms with E-state index in [0.717, 1.165) is 62.3 Å². The van der Waals surface area contributed by atoms with Crippen molar-refractivity contribution in [2.75, 3.05) is 44.3 Å². The first-order valence-corrected chi connectivity index (χ1v) is 15.6. The molecule has 6 rings (SSSR count). The highest BCUT2D eigenvalue weighted by atomic mass is 16.6. The molecule has 1 amide bonds. The molecule has 234 valence electrons. The lowest BCUT2D eigenvalue weighted by atomic mass is 9.78. The molecule has 4 heterocycles. The number of aromatic nitrogens is 2. The van der Waals surface area contributed by atoms with Gasteiger partial charge >= 0.3 is 6.09 Å². The van der Waals surface area contributed by atoms with Crippen LogP contribution in [0.15, 0.2) is 60.8 Å². The molecule has 0 unspecified atom stereocenters. The molecule has 1 aromatic heterocycles. The smallest absolute Gasteiger partial charge is 0.410 e. The second-order valence-electron chi connectivity index (χ2n) is 13.9. The van der Waals surface area contributed by atoms with Gasteiger partial charge in [0, 0.05) is 50.6 Å². The van der Waals surface area contributed by atoms with Crippen molar-refractivity contribution in [3.05, 3.63) is 77.6 Å². The third kappa shape index (κ3) is 6.78. The Balaban J connectivity index is 0.990. The summed E-state index contributed by atoms with van der Waals surface area (Å²) in [7, 11) is 0. The Bertz CT molecular complexity index is 1430. The molecule has 3 aliphatic heterocycles. The van der Waals surface area contributed by atoms with Gasteiger partial charge in [-0.05, 0) is 62.2 Å². The van der Waals surface area contributed by atoms with Gasteiger partial charge in [-0.25, -0.2) is 14.8 Å². The summed E-state index contributed by atoms with van der Waals surface area (Å²) in [5, 5.41) is 0. The van der Waals surface area contributed by atoms with Gasteiger partial charge in [-0.15, -0.1) is 0 Å². The topological polar surface area (TPSA) is 86.2 Å². The number of nitrogens with zero attached hydrogens (tertiary/aromatic N) is 4. The molecule has 2 aromatic carbocycles. The van der Waals surface area contributed by atoms with E-state index < -0.39 is 5.60 Å². The van der Waals surface area contributed by atoms with Crippen LogP contribution in [0.1, 0.15) is 64.3 Å². The summed E-state index contributed by atoms with van der Waals surface area (Å²) in [5.41, 5.74) is 2.91. The Kier molecular flexibility index (Phi) is 8.18. The van der Waals surface area contributed by atoms with E-state index in [1.807, 2.05) is 51.1 Å². The average Bonchev–Trinajstić information content (AvgIpc) is 2.95. The van der Waals surface area contributed by atoms with Crippen molar-refractivity contribution in [1.29, 1.82) is 0 Å². The Morgan fingerprint density at radius 2 is 1.52 bits per heavy atom. The van der Waals surface area contributed by atoms with E-state index in [1.165, 1.54) is 11.1 Å². The van der Waals surface area contributed by atoms with E-state index in [0.29, 0.717) is 25.1 Å². The Labute approximate surface area is 260 Å². The SMILES string of the molecule is CC(C)(C)OC(=O)N1CCC(Oc2ccc(C(C)(C)c3ccc(OCc4ccnc(N5CC6(COC6)C5)n4)cc3)cc2)CC1. The van der Waals surface area contributed by atoms with Crippen molar-refractivity contribution in [3.8, 4) is 11.5 Å². The second-order valence-corrected chi connectivity index (χ2v) is 13.9. The molecule has 1 spiro atoms. The molecule has 44 heavy (non-hydrogen) atoms. The van der Waals surface area contributed by atoms with Crippen LogP contribution in [-0.2, 0) is 21.5 Å². The zero-order chi connectivity index (χ0) is 31.0. The zero-order valence-electron chi connectivity index (χ0n) is 26.5. The Morgan fingerprint density at radius 1 is 0.909 bits per heavy atom. The van der Waals surface area contributed by atoms with Gasteiger partial charge in [0.25, 0.3) is 0 Å². The van der Waals surface area contributed by atoms with Gasteiger partial charge in [-0.2, -0.15) is 0 Å². The van der Waals surface area contributed by atoms with Crippen LogP contribution in [0, 0.1) is 5.41 Å². The number of benzene rings is 2. The first-order valence-electron chi connectivity index (χ1n) is 15.6. The summed E-state index contributed by atoms with van der Waals surface area (Å²) < 4.78 is 23.2. The Morgan fingerprint density at radius 3 is 2.09 bits per heavy atom. The number of likely N-dealkylation sites (tertiary alicyclic amines) is 1. The lowest BCUT2D eigenvalue weighted by Gasteiger charge is -2.54. The van der Waals surface area contributed by atoms with Crippen LogP contribution in [0.2, 0.25) is 0 Å². The van der Waals surface area contributed by atoms with E-state index in [-0.39, 0.29) is 17.6 Å². The molecule has 9 heteroatoms. The van der Waals surface area contributed by atoms with Gasteiger partial charge in [-0.1, -0.05) is 38.1 Å². The van der Waals surface area contributed by atoms with Crippen LogP contribution in [0.5, 0.6) is 11.5 Å². The third-order valence-electron chi connectivity index (χ3n) is 8.79. The van der Waals surface area contributed by atoms with Gasteiger partial charge in [0.05, 0.1) is 24.3 Å². The van der Waals surface area contributed by atoms with Crippen molar-refractivity contribution in [1.82, 2.24) is 14.9 Å². The maximum Gasteiger partial charge on any atom is 0.410 e. The van der Waals surface area contributed by atoms with Crippen LogP contribution in [0.3, 0.4) is 0 Å². The normalized spacial score (nSPS) is 18.4. The van der Waals surface area contributed by atoms with E-state index in [2.05, 4.69) is 48.0 Å². The minimum absolute atomic E-state index is 0.0827. The highest BCUT2D eigenvalue weighted by Gasteiger charge is 2.49. The number of carbonyl (C=O) groups is 1. The minimum Gasteiger partial charge on any atom is -0.490 e. The second kappa shape index (κ2) is 11.9. The predicted octanol–water partition coefficient (Wildman–Crippen LogP) is 6.00. The molecule has 3 aliphatic rings. The summed E-state index contributed by atoms with van der Waals surface area (Å²) in [6.45, 7) is 15.4. The quantitative estimate of drug-likeness (QED) is 0.312. The summed E-state index contributed by atoms with van der Waals surface area (Å²) in [4.78, 5) is 25.5. The average molecular weight is 601 g/mol. The van der Waals surface area contributed by atoms with Crippen molar-refractivity contribution in [2.24, 2.45) is 5.41 Å². The van der Waals surface area contributed by atoms with E-state index in [9.17, 15) is 4.79 Å². The molecule has 0 saturated carbocycles. The number of carbonyl (C=O) groups excluding carboxylic acids is 1. The molecule has 3 saturated heterocycles. The number of hydrogen-bond acceptors (Lipinski definition) is 8. The van der Waals surface area contributed by atoms with Gasteiger partial charge in [-0.3, -0.25) is 0 Å². The van der Waals surface area contributed by atoms with Crippen LogP contribution in [-0.4, -0.2) is 72.1 Å². The zero-order valence-corrected chi connectivity index (χ0v) is 26.5. The molecule has 0 aliphatic carbocycles. The summed E-state index contributed by atoms with van der Waals surface area (Å²) in [6, 6.07) is 18.6. The monoisotopic (exact) mass is 600 g/mol. The molecule has 3 fully saturated rings. The number of ether oxygens (including phenoxy) is 4. The number of amides is 1. The lowest BCUT2D eigenvalue weighted by molar-refractivity contribution is -0.127. The highest BCUT2D eigenvalue weighted by molar-refractivity contribution is 5.68. The van der Waals surface area contributed by atoms with Crippen LogP contribution in [0.4, 0.5) is 10.7 Å². The fourth-order valence-corrected chi connectivity index (χ4v) is 6.01. The number of anilines is 1.